The van der Waals surface area contributed by atoms with E-state index in [1.807, 2.05) is 60.7 Å². The molecule has 0 bridgehead atoms. The average molecular weight is 1960 g/mol. The smallest absolute Gasteiger partial charge is 0.226 e. The fourth-order valence-corrected chi connectivity index (χ4v) is 20.1. The summed E-state index contributed by atoms with van der Waals surface area (Å²) in [6, 6.07) is 85.6. The van der Waals surface area contributed by atoms with Crippen LogP contribution in [-0.2, 0) is 84.1 Å². The number of aromatic amines is 5. The number of benzene rings is 9. The van der Waals surface area contributed by atoms with E-state index in [1.165, 1.54) is 88.0 Å². The molecule has 0 spiro atoms. The van der Waals surface area contributed by atoms with Gasteiger partial charge in [-0.2, -0.15) is 75.3 Å². The van der Waals surface area contributed by atoms with Gasteiger partial charge in [0.15, 0.2) is 39.7 Å². The first kappa shape index (κ1) is 95.0. The van der Waals surface area contributed by atoms with Crippen molar-refractivity contribution in [2.75, 3.05) is 150 Å². The quantitative estimate of drug-likeness (QED) is 0.0200. The Bertz CT molecular complexity index is 7640. The van der Waals surface area contributed by atoms with Crippen molar-refractivity contribution in [3.05, 3.63) is 333 Å². The van der Waals surface area contributed by atoms with Gasteiger partial charge in [-0.3, -0.25) is 25.5 Å². The number of nitrogens with one attached hydrogen (secondary N) is 10. The lowest BCUT2D eigenvalue weighted by atomic mass is 10.1. The van der Waals surface area contributed by atoms with Crippen molar-refractivity contribution in [3.63, 3.8) is 0 Å². The van der Waals surface area contributed by atoms with Crippen molar-refractivity contribution in [3.8, 4) is 17.2 Å². The largest absolute Gasteiger partial charge is 0.497 e. The van der Waals surface area contributed by atoms with Gasteiger partial charge in [0, 0.05) is 130 Å². The molecule has 1 saturated heterocycles. The molecule has 26 rings (SSSR count). The Labute approximate surface area is 852 Å². The van der Waals surface area contributed by atoms with Crippen LogP contribution in [0.25, 0.3) is 55.2 Å². The Morgan fingerprint density at radius 2 is 0.626 bits per heavy atom. The molecular formula is C113H121N31O3. The van der Waals surface area contributed by atoms with E-state index in [0.29, 0.717) is 48.5 Å². The maximum Gasteiger partial charge on any atom is 0.226 e. The molecular weight excluding hydrogens is 1840 g/mol. The molecule has 0 radical (unpaired) electrons. The number of nitrogens with zero attached hydrogens (tertiary/aromatic N) is 21. The summed E-state index contributed by atoms with van der Waals surface area (Å²) in [5, 5.41) is 60.0. The van der Waals surface area contributed by atoms with Gasteiger partial charge in [0.2, 0.25) is 29.7 Å². The number of fused-ring (bicyclic) bond motifs is 1. The number of hydrogen-bond acceptors (Lipinski definition) is 29. The van der Waals surface area contributed by atoms with E-state index in [-0.39, 0.29) is 6.10 Å². The summed E-state index contributed by atoms with van der Waals surface area (Å²) in [6.07, 6.45) is 11.2. The molecule has 19 aromatic rings. The third-order valence-electron chi connectivity index (χ3n) is 27.8. The molecule has 10 aromatic heterocycles. The molecule has 0 aliphatic carbocycles. The summed E-state index contributed by atoms with van der Waals surface area (Å²) in [4.78, 5) is 61.7. The normalized spacial score (nSPS) is 14.7. The lowest BCUT2D eigenvalue weighted by Gasteiger charge is -2.29. The Balaban J connectivity index is 0.000000104. The summed E-state index contributed by atoms with van der Waals surface area (Å²) in [6.45, 7) is 20.6. The summed E-state index contributed by atoms with van der Waals surface area (Å²) < 4.78 is 17.1. The number of aryl methyl sites for hydroxylation is 2. The van der Waals surface area contributed by atoms with E-state index in [2.05, 4.69) is 334 Å². The Hall–Kier alpha value is -16.9. The molecule has 746 valence electrons. The van der Waals surface area contributed by atoms with Crippen LogP contribution in [0.1, 0.15) is 103 Å². The number of ether oxygens (including phenoxy) is 3. The topological polar surface area (TPSA) is 380 Å². The predicted octanol–water partition coefficient (Wildman–Crippen LogP) is 17.3. The highest BCUT2D eigenvalue weighted by Gasteiger charge is 2.33. The maximum atomic E-state index is 6.04. The number of rotatable bonds is 30. The summed E-state index contributed by atoms with van der Waals surface area (Å²) >= 11 is 0. The van der Waals surface area contributed by atoms with Crippen LogP contribution in [0.15, 0.2) is 249 Å². The molecule has 1 fully saturated rings. The van der Waals surface area contributed by atoms with Crippen LogP contribution in [0, 0.1) is 13.8 Å². The maximum absolute atomic E-state index is 6.04. The van der Waals surface area contributed by atoms with Gasteiger partial charge in [-0.1, -0.05) is 242 Å². The first-order valence-corrected chi connectivity index (χ1v) is 51.3. The van der Waals surface area contributed by atoms with E-state index in [9.17, 15) is 0 Å². The highest BCUT2D eigenvalue weighted by atomic mass is 16.6. The van der Waals surface area contributed by atoms with Crippen molar-refractivity contribution in [2.45, 2.75) is 123 Å². The van der Waals surface area contributed by atoms with Gasteiger partial charge in [-0.25, -0.2) is 0 Å². The van der Waals surface area contributed by atoms with Crippen molar-refractivity contribution in [2.24, 2.45) is 0 Å². The third-order valence-corrected chi connectivity index (χ3v) is 27.8. The molecule has 34 heteroatoms. The molecule has 10 N–H and O–H groups in total. The second-order valence-electron chi connectivity index (χ2n) is 38.2. The van der Waals surface area contributed by atoms with Crippen LogP contribution in [-0.4, -0.2) is 211 Å². The first-order chi connectivity index (χ1) is 72.5. The minimum absolute atomic E-state index is 0.124. The number of methoxy groups -OCH3 is 1. The SMILES string of the molecule is COc1ccc(CCNc2nc3c4c([nH]nc4n2)CCN3Cc2ccccc2)cc1.Cc1ccc(CCNc2nc3c4c([nH]nc4n2)CCN3Cc2ccccc2)cc1.Cc1cccc(CCNc2nc3c4c([nH]nc4n2)CCN3Cc2ccccc2)c1.c1ccc(CN2CCc3[nH]nc4nc(NCC5COc6ccccc6O5)nc2c34)cc1.c1ccc(CN2CCc3[nH]nc4nc(NCCN5CCCCC5)nc2c34)cc1. The average Bonchev–Trinajstić information content (AvgIpc) is 1.65. The molecule has 9 aromatic carbocycles. The lowest BCUT2D eigenvalue weighted by molar-refractivity contribution is 0.0996. The molecule has 147 heavy (non-hydrogen) atoms. The standard InChI is InChI=1S/C23H22N6O2.C23H24N6O.2C23H24N6.C21H27N7/c1-2-6-15(7-3-1)13-29-11-10-17-20-21(28-27-17)25-23(26-22(20)29)24-12-16-14-30-18-8-4-5-9-19(18)31-16;1-30-18-9-7-16(8-10-18)11-13-24-23-25-21-20-19(27-28-21)12-14-29(22(20)26-23)15-17-5-3-2-4-6-17;1-16-6-5-9-17(14-16)10-12-24-23-25-21-20-19(27-28-21)11-13-29(22(20)26-23)15-18-7-3-2-4-8-18;1-16-7-9-17(10-8-16)11-13-24-23-25-21-20-19(27-28-21)12-14-29(22(20)26-23)15-18-5-3-2-4-6-18;1-3-7-16(8-4-1)15-28-13-9-17-18-19(26-25-17)23-21(24-20(18)28)22-10-14-27-11-5-2-6-12-27/h1-9,16H,10-14H2,(H2,24,25,26,27,28);2-10H,11-15H2,1H3,(H2,24,25,26,27,28);2-9,14H,10-13,15H2,1H3,(H2,24,25,26,27,28);2-10H,11-15H2,1H3,(H2,24,25,26,27,28);1,3-4,7-8H,2,5-6,9-15H2,(H2,22,23,24,25,26). The zero-order valence-corrected chi connectivity index (χ0v) is 83.1. The van der Waals surface area contributed by atoms with Gasteiger partial charge in [-0.05, 0) is 128 Å². The second-order valence-corrected chi connectivity index (χ2v) is 38.2. The van der Waals surface area contributed by atoms with E-state index < -0.39 is 0 Å². The second kappa shape index (κ2) is 44.9. The molecule has 17 heterocycles. The number of hydrogen-bond donors (Lipinski definition) is 10. The fourth-order valence-electron chi connectivity index (χ4n) is 20.1. The van der Waals surface area contributed by atoms with Crippen LogP contribution in [0.2, 0.25) is 0 Å². The van der Waals surface area contributed by atoms with Crippen LogP contribution in [0.3, 0.4) is 0 Å². The highest BCUT2D eigenvalue weighted by Crippen LogP contribution is 2.40. The fraction of sp³-hybridized carbons (Fsp3) is 0.301. The number of aromatic nitrogens is 20. The zero-order chi connectivity index (χ0) is 99.0. The monoisotopic (exact) mass is 1960 g/mol. The van der Waals surface area contributed by atoms with Gasteiger partial charge < -0.3 is 70.2 Å². The van der Waals surface area contributed by atoms with Gasteiger partial charge in [0.25, 0.3) is 0 Å². The van der Waals surface area contributed by atoms with E-state index in [4.69, 9.17) is 39.1 Å². The molecule has 0 saturated carbocycles. The molecule has 7 aliphatic rings. The van der Waals surface area contributed by atoms with Crippen molar-refractivity contribution in [1.29, 1.82) is 0 Å². The summed E-state index contributed by atoms with van der Waals surface area (Å²) in [5.41, 5.74) is 22.1. The van der Waals surface area contributed by atoms with Crippen LogP contribution >= 0.6 is 0 Å². The number of likely N-dealkylation sites (tertiary alicyclic amines) is 1. The van der Waals surface area contributed by atoms with E-state index >= 15 is 0 Å². The van der Waals surface area contributed by atoms with Gasteiger partial charge in [-0.15, -0.1) is 0 Å². The Morgan fingerprint density at radius 3 is 0.980 bits per heavy atom. The molecule has 34 nitrogen and oxygen atoms in total. The van der Waals surface area contributed by atoms with Gasteiger partial charge >= 0.3 is 0 Å². The molecule has 0 amide bonds. The van der Waals surface area contributed by atoms with Crippen LogP contribution in [0.5, 0.6) is 17.2 Å². The molecule has 7 aliphatic heterocycles. The first-order valence-electron chi connectivity index (χ1n) is 51.3. The molecule has 1 atom stereocenters. The minimum atomic E-state index is -0.124. The van der Waals surface area contributed by atoms with Crippen molar-refractivity contribution in [1.82, 2.24) is 106 Å². The Morgan fingerprint density at radius 1 is 0.306 bits per heavy atom. The number of piperidine rings is 1. The summed E-state index contributed by atoms with van der Waals surface area (Å²) in [5.74, 6) is 10.3. The third kappa shape index (κ3) is 22.8. The van der Waals surface area contributed by atoms with Crippen LogP contribution < -0.4 is 65.3 Å². The zero-order valence-electron chi connectivity index (χ0n) is 83.1. The number of anilines is 10. The van der Waals surface area contributed by atoms with E-state index in [1.54, 1.807) is 7.11 Å². The van der Waals surface area contributed by atoms with Gasteiger partial charge in [0.1, 0.15) is 47.5 Å². The van der Waals surface area contributed by atoms with Crippen molar-refractivity contribution < 1.29 is 14.2 Å². The van der Waals surface area contributed by atoms with Crippen LogP contribution in [0.4, 0.5) is 58.8 Å². The van der Waals surface area contributed by atoms with Gasteiger partial charge in [0.05, 0.1) is 69.1 Å². The molecule has 1 unspecified atom stereocenters. The highest BCUT2D eigenvalue weighted by molar-refractivity contribution is 5.96. The Kier molecular flexibility index (Phi) is 29.0. The lowest BCUT2D eigenvalue weighted by Crippen LogP contribution is -2.35. The predicted molar refractivity (Wildman–Crippen MR) is 580 cm³/mol. The van der Waals surface area contributed by atoms with Crippen molar-refractivity contribution >= 4 is 114 Å². The van der Waals surface area contributed by atoms with E-state index in [0.717, 1.165) is 274 Å². The number of para-hydroxylation sites is 2. The summed E-state index contributed by atoms with van der Waals surface area (Å²) in [7, 11) is 1.68. The minimum Gasteiger partial charge on any atom is -0.497 e. The number of H-pyrrole nitrogens is 5.